The minimum atomic E-state index is -0.167. The molecule has 0 aromatic carbocycles. The molecular formula is C23H36N2O2. The van der Waals surface area contributed by atoms with Crippen LogP contribution in [0.5, 0.6) is 0 Å². The van der Waals surface area contributed by atoms with Crippen LogP contribution >= 0.6 is 0 Å². The Balaban J connectivity index is 1.58. The smallest absolute Gasteiger partial charge is 0.243 e. The second-order valence-electron chi connectivity index (χ2n) is 11.1. The summed E-state index contributed by atoms with van der Waals surface area (Å²) < 4.78 is 0. The number of rotatable bonds is 1. The van der Waals surface area contributed by atoms with Crippen LogP contribution in [0.25, 0.3) is 0 Å². The third kappa shape index (κ3) is 2.94. The van der Waals surface area contributed by atoms with Crippen molar-refractivity contribution in [3.05, 3.63) is 12.2 Å². The quantitative estimate of drug-likeness (QED) is 0.735. The first-order valence-electron chi connectivity index (χ1n) is 10.9. The van der Waals surface area contributed by atoms with Gasteiger partial charge in [-0.15, -0.1) is 0 Å². The van der Waals surface area contributed by atoms with E-state index in [0.717, 1.165) is 19.3 Å². The predicted octanol–water partition coefficient (Wildman–Crippen LogP) is 3.81. The minimum Gasteiger partial charge on any atom is -0.351 e. The Kier molecular flexibility index (Phi) is 4.29. The van der Waals surface area contributed by atoms with Crippen molar-refractivity contribution in [2.75, 3.05) is 0 Å². The molecule has 3 fully saturated rings. The molecule has 4 heteroatoms. The highest BCUT2D eigenvalue weighted by atomic mass is 16.2. The zero-order chi connectivity index (χ0) is 19.6. The van der Waals surface area contributed by atoms with Gasteiger partial charge in [0.1, 0.15) is 0 Å². The number of hydrogen-bond donors (Lipinski definition) is 2. The summed E-state index contributed by atoms with van der Waals surface area (Å²) in [6.45, 7) is 11.0. The number of amides is 2. The van der Waals surface area contributed by atoms with Crippen molar-refractivity contribution in [3.63, 3.8) is 0 Å². The lowest BCUT2D eigenvalue weighted by Crippen LogP contribution is -2.59. The minimum absolute atomic E-state index is 0.0661. The van der Waals surface area contributed by atoms with Crippen molar-refractivity contribution in [3.8, 4) is 0 Å². The topological polar surface area (TPSA) is 58.2 Å². The van der Waals surface area contributed by atoms with Gasteiger partial charge in [-0.3, -0.25) is 9.59 Å². The summed E-state index contributed by atoms with van der Waals surface area (Å²) >= 11 is 0. The Morgan fingerprint density at radius 1 is 1.11 bits per heavy atom. The SMILES string of the molecule is CC(C)(C)NC(=O)[C@H]1CC[C@H]2[C@@H]3CC[C@H]4NC(=O)C=CC4(C)[C@H]3CCC12C. The summed E-state index contributed by atoms with van der Waals surface area (Å²) in [5.41, 5.74) is 0.0323. The summed E-state index contributed by atoms with van der Waals surface area (Å²) in [5.74, 6) is 2.41. The number of nitrogens with one attached hydrogen (secondary N) is 2. The molecule has 0 spiro atoms. The molecule has 0 saturated heterocycles. The van der Waals surface area contributed by atoms with Gasteiger partial charge in [0, 0.05) is 22.9 Å². The molecule has 2 amide bonds. The molecule has 1 heterocycles. The first-order valence-corrected chi connectivity index (χ1v) is 10.9. The van der Waals surface area contributed by atoms with Crippen molar-refractivity contribution in [2.45, 2.75) is 84.7 Å². The molecule has 4 aliphatic rings. The highest BCUT2D eigenvalue weighted by Gasteiger charge is 2.60. The zero-order valence-corrected chi connectivity index (χ0v) is 17.6. The summed E-state index contributed by atoms with van der Waals surface area (Å²) in [6.07, 6.45) is 10.7. The predicted molar refractivity (Wildman–Crippen MR) is 107 cm³/mol. The molecule has 0 bridgehead atoms. The van der Waals surface area contributed by atoms with Crippen LogP contribution in [0.4, 0.5) is 0 Å². The van der Waals surface area contributed by atoms with E-state index in [2.05, 4.69) is 51.3 Å². The lowest BCUT2D eigenvalue weighted by Gasteiger charge is -2.58. The lowest BCUT2D eigenvalue weighted by molar-refractivity contribution is -0.135. The van der Waals surface area contributed by atoms with Crippen LogP contribution in [-0.2, 0) is 9.59 Å². The number of hydrogen-bond acceptors (Lipinski definition) is 2. The first kappa shape index (κ1) is 19.0. The number of carbonyl (C=O) groups is 2. The van der Waals surface area contributed by atoms with Gasteiger partial charge in [0.15, 0.2) is 0 Å². The van der Waals surface area contributed by atoms with Crippen LogP contribution in [0, 0.1) is 34.5 Å². The molecule has 27 heavy (non-hydrogen) atoms. The summed E-state index contributed by atoms with van der Waals surface area (Å²) in [7, 11) is 0. The van der Waals surface area contributed by atoms with E-state index in [1.165, 1.54) is 19.3 Å². The molecule has 0 aromatic heterocycles. The van der Waals surface area contributed by atoms with Gasteiger partial charge in [-0.1, -0.05) is 19.9 Å². The molecule has 4 nitrogen and oxygen atoms in total. The van der Waals surface area contributed by atoms with Gasteiger partial charge in [0.25, 0.3) is 0 Å². The average Bonchev–Trinajstić information content (AvgIpc) is 2.91. The van der Waals surface area contributed by atoms with E-state index < -0.39 is 0 Å². The average molecular weight is 373 g/mol. The van der Waals surface area contributed by atoms with Crippen molar-refractivity contribution in [2.24, 2.45) is 34.5 Å². The summed E-state index contributed by atoms with van der Waals surface area (Å²) in [5, 5.41) is 6.48. The molecule has 150 valence electrons. The van der Waals surface area contributed by atoms with Gasteiger partial charge in [0.05, 0.1) is 0 Å². The Bertz CT molecular complexity index is 678. The standard InChI is InChI=1S/C23H36N2O2/c1-21(2,3)25-20(27)17-8-7-15-14-6-9-18-23(5,13-11-19(26)24-18)16(14)10-12-22(15,17)4/h11,13-18H,6-10,12H2,1-5H3,(H,24,26)(H,25,27)/t14-,15-,16-,17+,18+,22?,23?/m0/s1. The van der Waals surface area contributed by atoms with Crippen LogP contribution in [0.3, 0.4) is 0 Å². The first-order chi connectivity index (χ1) is 12.5. The maximum absolute atomic E-state index is 13.0. The molecule has 4 rings (SSSR count). The van der Waals surface area contributed by atoms with E-state index in [1.54, 1.807) is 6.08 Å². The fraction of sp³-hybridized carbons (Fsp3) is 0.826. The van der Waals surface area contributed by atoms with E-state index in [4.69, 9.17) is 0 Å². The Labute approximate surface area is 163 Å². The van der Waals surface area contributed by atoms with E-state index in [1.807, 2.05) is 0 Å². The second kappa shape index (κ2) is 6.09. The lowest BCUT2D eigenvalue weighted by atomic mass is 9.48. The molecule has 3 aliphatic carbocycles. The maximum Gasteiger partial charge on any atom is 0.243 e. The van der Waals surface area contributed by atoms with Gasteiger partial charge in [0.2, 0.25) is 11.8 Å². The van der Waals surface area contributed by atoms with Crippen molar-refractivity contribution in [1.29, 1.82) is 0 Å². The molecule has 3 saturated carbocycles. The maximum atomic E-state index is 13.0. The summed E-state index contributed by atoms with van der Waals surface area (Å²) in [6, 6.07) is 0.280. The van der Waals surface area contributed by atoms with Crippen LogP contribution in [0.15, 0.2) is 12.2 Å². The van der Waals surface area contributed by atoms with E-state index >= 15 is 0 Å². The van der Waals surface area contributed by atoms with Gasteiger partial charge in [-0.05, 0) is 88.5 Å². The zero-order valence-electron chi connectivity index (χ0n) is 17.6. The molecule has 0 radical (unpaired) electrons. The van der Waals surface area contributed by atoms with Crippen LogP contribution in [0.1, 0.15) is 73.1 Å². The van der Waals surface area contributed by atoms with Crippen LogP contribution in [0.2, 0.25) is 0 Å². The fourth-order valence-corrected chi connectivity index (χ4v) is 7.22. The Morgan fingerprint density at radius 3 is 2.56 bits per heavy atom. The van der Waals surface area contributed by atoms with Crippen molar-refractivity contribution in [1.82, 2.24) is 10.6 Å². The van der Waals surface area contributed by atoms with Crippen molar-refractivity contribution >= 4 is 11.8 Å². The van der Waals surface area contributed by atoms with Gasteiger partial charge in [-0.2, -0.15) is 0 Å². The fourth-order valence-electron chi connectivity index (χ4n) is 7.22. The highest BCUT2D eigenvalue weighted by Crippen LogP contribution is 2.65. The van der Waals surface area contributed by atoms with Gasteiger partial charge in [-0.25, -0.2) is 0 Å². The molecule has 7 atom stereocenters. The monoisotopic (exact) mass is 372 g/mol. The number of fused-ring (bicyclic) bond motifs is 5. The van der Waals surface area contributed by atoms with Gasteiger partial charge < -0.3 is 10.6 Å². The largest absolute Gasteiger partial charge is 0.351 e. The Hall–Kier alpha value is -1.32. The third-order valence-corrected chi connectivity index (χ3v) is 8.50. The second-order valence-corrected chi connectivity index (χ2v) is 11.1. The Morgan fingerprint density at radius 2 is 1.85 bits per heavy atom. The van der Waals surface area contributed by atoms with E-state index in [0.29, 0.717) is 17.8 Å². The normalized spacial score (nSPS) is 46.1. The van der Waals surface area contributed by atoms with Crippen LogP contribution in [-0.4, -0.2) is 23.4 Å². The van der Waals surface area contributed by atoms with Crippen molar-refractivity contribution < 1.29 is 9.59 Å². The van der Waals surface area contributed by atoms with Crippen LogP contribution < -0.4 is 10.6 Å². The van der Waals surface area contributed by atoms with E-state index in [9.17, 15) is 9.59 Å². The van der Waals surface area contributed by atoms with Gasteiger partial charge >= 0.3 is 0 Å². The molecular weight excluding hydrogens is 336 g/mol. The number of carbonyl (C=O) groups excluding carboxylic acids is 2. The highest BCUT2D eigenvalue weighted by molar-refractivity contribution is 5.89. The molecule has 2 unspecified atom stereocenters. The molecule has 0 aromatic rings. The molecule has 2 N–H and O–H groups in total. The summed E-state index contributed by atoms with van der Waals surface area (Å²) in [4.78, 5) is 24.9. The molecule has 1 aliphatic heterocycles. The van der Waals surface area contributed by atoms with E-state index in [-0.39, 0.29) is 40.1 Å². The third-order valence-electron chi connectivity index (χ3n) is 8.50.